The number of rotatable bonds is 6. The van der Waals surface area contributed by atoms with E-state index in [2.05, 4.69) is 5.32 Å². The predicted octanol–water partition coefficient (Wildman–Crippen LogP) is 4.25. The van der Waals surface area contributed by atoms with Gasteiger partial charge < -0.3 is 5.32 Å². The van der Waals surface area contributed by atoms with Crippen LogP contribution in [0.4, 0.5) is 8.78 Å². The molecular weight excluding hydrogens is 256 g/mol. The van der Waals surface area contributed by atoms with Crippen molar-refractivity contribution in [2.45, 2.75) is 25.8 Å². The number of hydrogen-bond donors (Lipinski definition) is 1. The minimum Gasteiger partial charge on any atom is -0.310 e. The van der Waals surface area contributed by atoms with Gasteiger partial charge in [-0.15, -0.1) is 0 Å². The van der Waals surface area contributed by atoms with Crippen molar-refractivity contribution < 1.29 is 8.78 Å². The highest BCUT2D eigenvalue weighted by Gasteiger charge is 2.15. The molecule has 0 bridgehead atoms. The van der Waals surface area contributed by atoms with Crippen molar-refractivity contribution in [2.75, 3.05) is 6.54 Å². The molecule has 1 atom stereocenters. The van der Waals surface area contributed by atoms with Crippen molar-refractivity contribution in [1.29, 1.82) is 0 Å². The zero-order valence-electron chi connectivity index (χ0n) is 11.6. The topological polar surface area (TPSA) is 12.0 Å². The summed E-state index contributed by atoms with van der Waals surface area (Å²) in [5.41, 5.74) is 1.61. The molecule has 0 aliphatic rings. The average Bonchev–Trinajstić information content (AvgIpc) is 2.47. The molecule has 2 rings (SSSR count). The van der Waals surface area contributed by atoms with Gasteiger partial charge in [-0.2, -0.15) is 0 Å². The van der Waals surface area contributed by atoms with Crippen molar-refractivity contribution in [2.24, 2.45) is 0 Å². The fraction of sp³-hybridized carbons (Fsp3) is 0.294. The Morgan fingerprint density at radius 3 is 2.50 bits per heavy atom. The highest BCUT2D eigenvalue weighted by molar-refractivity contribution is 5.23. The van der Waals surface area contributed by atoms with Crippen LogP contribution in [0.3, 0.4) is 0 Å². The highest BCUT2D eigenvalue weighted by Crippen LogP contribution is 2.23. The van der Waals surface area contributed by atoms with Gasteiger partial charge in [-0.3, -0.25) is 0 Å². The van der Waals surface area contributed by atoms with Crippen molar-refractivity contribution in [3.63, 3.8) is 0 Å². The van der Waals surface area contributed by atoms with E-state index in [9.17, 15) is 8.78 Å². The molecule has 0 fully saturated rings. The Labute approximate surface area is 118 Å². The van der Waals surface area contributed by atoms with Crippen LogP contribution in [-0.4, -0.2) is 6.54 Å². The molecule has 1 N–H and O–H groups in total. The second-order valence-corrected chi connectivity index (χ2v) is 4.80. The van der Waals surface area contributed by atoms with Crippen LogP contribution in [0.2, 0.25) is 0 Å². The molecule has 2 aromatic rings. The summed E-state index contributed by atoms with van der Waals surface area (Å²) in [6, 6.07) is 13.5. The second-order valence-electron chi connectivity index (χ2n) is 4.80. The van der Waals surface area contributed by atoms with Crippen LogP contribution in [0.25, 0.3) is 0 Å². The van der Waals surface area contributed by atoms with Gasteiger partial charge >= 0.3 is 0 Å². The third-order valence-electron chi connectivity index (χ3n) is 3.35. The van der Waals surface area contributed by atoms with Crippen LogP contribution in [0, 0.1) is 11.6 Å². The van der Waals surface area contributed by atoms with E-state index in [1.165, 1.54) is 17.7 Å². The smallest absolute Gasteiger partial charge is 0.128 e. The second kappa shape index (κ2) is 7.15. The number of nitrogens with one attached hydrogen (secondary N) is 1. The van der Waals surface area contributed by atoms with E-state index < -0.39 is 5.82 Å². The van der Waals surface area contributed by atoms with Gasteiger partial charge in [-0.05, 0) is 43.1 Å². The lowest BCUT2D eigenvalue weighted by atomic mass is 9.98. The Balaban J connectivity index is 2.12. The molecule has 0 heterocycles. The molecule has 106 valence electrons. The largest absolute Gasteiger partial charge is 0.310 e. The van der Waals surface area contributed by atoms with E-state index in [-0.39, 0.29) is 11.9 Å². The molecule has 1 unspecified atom stereocenters. The lowest BCUT2D eigenvalue weighted by Crippen LogP contribution is -2.22. The predicted molar refractivity (Wildman–Crippen MR) is 77.5 cm³/mol. The van der Waals surface area contributed by atoms with E-state index in [0.29, 0.717) is 5.56 Å². The summed E-state index contributed by atoms with van der Waals surface area (Å²) in [7, 11) is 0. The minimum atomic E-state index is -0.399. The van der Waals surface area contributed by atoms with Gasteiger partial charge in [-0.1, -0.05) is 37.3 Å². The Bertz CT molecular complexity index is 540. The maximum absolute atomic E-state index is 13.9. The fourth-order valence-corrected chi connectivity index (χ4v) is 2.35. The Morgan fingerprint density at radius 1 is 1.05 bits per heavy atom. The third-order valence-corrected chi connectivity index (χ3v) is 3.35. The molecule has 20 heavy (non-hydrogen) atoms. The van der Waals surface area contributed by atoms with Crippen LogP contribution >= 0.6 is 0 Å². The summed E-state index contributed by atoms with van der Waals surface area (Å²) in [5.74, 6) is -0.755. The summed E-state index contributed by atoms with van der Waals surface area (Å²) in [5, 5.41) is 3.23. The van der Waals surface area contributed by atoms with Crippen LogP contribution in [0.1, 0.15) is 30.5 Å². The minimum absolute atomic E-state index is 0.170. The van der Waals surface area contributed by atoms with Crippen LogP contribution in [-0.2, 0) is 6.42 Å². The molecule has 0 aliphatic heterocycles. The third kappa shape index (κ3) is 3.87. The van der Waals surface area contributed by atoms with Gasteiger partial charge in [0.05, 0.1) is 0 Å². The fourth-order valence-electron chi connectivity index (χ4n) is 2.35. The molecule has 0 saturated heterocycles. The Hall–Kier alpha value is -1.74. The zero-order valence-corrected chi connectivity index (χ0v) is 11.6. The highest BCUT2D eigenvalue weighted by atomic mass is 19.1. The van der Waals surface area contributed by atoms with E-state index in [1.807, 2.05) is 37.3 Å². The van der Waals surface area contributed by atoms with Gasteiger partial charge in [0, 0.05) is 11.6 Å². The van der Waals surface area contributed by atoms with Gasteiger partial charge in [0.25, 0.3) is 0 Å². The summed E-state index contributed by atoms with van der Waals surface area (Å²) < 4.78 is 27.2. The van der Waals surface area contributed by atoms with Crippen molar-refractivity contribution in [3.05, 3.63) is 71.3 Å². The quantitative estimate of drug-likeness (QED) is 0.831. The van der Waals surface area contributed by atoms with Gasteiger partial charge in [0.15, 0.2) is 0 Å². The van der Waals surface area contributed by atoms with E-state index in [4.69, 9.17) is 0 Å². The molecule has 0 spiro atoms. The van der Waals surface area contributed by atoms with E-state index in [0.717, 1.165) is 25.5 Å². The normalized spacial score (nSPS) is 12.3. The first-order valence-electron chi connectivity index (χ1n) is 6.93. The van der Waals surface area contributed by atoms with Crippen molar-refractivity contribution in [3.8, 4) is 0 Å². The molecule has 0 radical (unpaired) electrons. The van der Waals surface area contributed by atoms with E-state index in [1.54, 1.807) is 0 Å². The molecular formula is C17H19F2N. The summed E-state index contributed by atoms with van der Waals surface area (Å²) in [6.45, 7) is 2.68. The van der Waals surface area contributed by atoms with Crippen LogP contribution < -0.4 is 5.32 Å². The first-order chi connectivity index (χ1) is 9.70. The molecule has 2 aromatic carbocycles. The molecule has 1 nitrogen and oxygen atoms in total. The SMILES string of the molecule is CCNC(CCc1ccccc1)c1cc(F)ccc1F. The van der Waals surface area contributed by atoms with Gasteiger partial charge in [0.2, 0.25) is 0 Å². The Morgan fingerprint density at radius 2 is 1.80 bits per heavy atom. The Kier molecular flexibility index (Phi) is 5.24. The average molecular weight is 275 g/mol. The van der Waals surface area contributed by atoms with E-state index >= 15 is 0 Å². The zero-order chi connectivity index (χ0) is 14.4. The molecule has 0 aliphatic carbocycles. The van der Waals surface area contributed by atoms with Gasteiger partial charge in [-0.25, -0.2) is 8.78 Å². The summed E-state index contributed by atoms with van der Waals surface area (Å²) in [6.07, 6.45) is 1.56. The van der Waals surface area contributed by atoms with Gasteiger partial charge in [0.1, 0.15) is 11.6 Å². The lowest BCUT2D eigenvalue weighted by Gasteiger charge is -2.19. The number of benzene rings is 2. The summed E-state index contributed by atoms with van der Waals surface area (Å²) >= 11 is 0. The van der Waals surface area contributed by atoms with Crippen LogP contribution in [0.5, 0.6) is 0 Å². The lowest BCUT2D eigenvalue weighted by molar-refractivity contribution is 0.479. The van der Waals surface area contributed by atoms with Crippen LogP contribution in [0.15, 0.2) is 48.5 Å². The van der Waals surface area contributed by atoms with Crippen molar-refractivity contribution >= 4 is 0 Å². The standard InChI is InChI=1S/C17H19F2N/c1-2-20-17(11-8-13-6-4-3-5-7-13)15-12-14(18)9-10-16(15)19/h3-7,9-10,12,17,20H,2,8,11H2,1H3. The van der Waals surface area contributed by atoms with Crippen molar-refractivity contribution in [1.82, 2.24) is 5.32 Å². The monoisotopic (exact) mass is 275 g/mol. The molecule has 0 amide bonds. The maximum atomic E-state index is 13.9. The number of aryl methyl sites for hydroxylation is 1. The molecule has 0 saturated carbocycles. The maximum Gasteiger partial charge on any atom is 0.128 e. The number of hydrogen-bond acceptors (Lipinski definition) is 1. The summed E-state index contributed by atoms with van der Waals surface area (Å²) in [4.78, 5) is 0. The molecule has 3 heteroatoms. The number of halogens is 2. The first kappa shape index (κ1) is 14.7. The first-order valence-corrected chi connectivity index (χ1v) is 6.93. The molecule has 0 aromatic heterocycles.